The van der Waals surface area contributed by atoms with Gasteiger partial charge in [0.2, 0.25) is 0 Å². The Kier molecular flexibility index (Phi) is 2.99. The molecule has 2 rings (SSSR count). The summed E-state index contributed by atoms with van der Waals surface area (Å²) in [6, 6.07) is 6.29. The molecule has 72 valence electrons. The first-order valence-corrected chi connectivity index (χ1v) is 6.11. The molecule has 0 bridgehead atoms. The van der Waals surface area contributed by atoms with E-state index in [9.17, 15) is 0 Å². The summed E-state index contributed by atoms with van der Waals surface area (Å²) in [6.07, 6.45) is 4.84. The van der Waals surface area contributed by atoms with Crippen LogP contribution >= 0.6 is 27.3 Å². The van der Waals surface area contributed by atoms with E-state index in [1.807, 2.05) is 12.4 Å². The van der Waals surface area contributed by atoms with Gasteiger partial charge in [-0.05, 0) is 46.1 Å². The van der Waals surface area contributed by atoms with Gasteiger partial charge < -0.3 is 0 Å². The van der Waals surface area contributed by atoms with Crippen LogP contribution < -0.4 is 0 Å². The van der Waals surface area contributed by atoms with Crippen molar-refractivity contribution in [2.45, 2.75) is 13.3 Å². The highest BCUT2D eigenvalue weighted by atomic mass is 79.9. The maximum atomic E-state index is 4.17. The second kappa shape index (κ2) is 4.24. The Labute approximate surface area is 95.9 Å². The smallest absolute Gasteiger partial charge is 0.0705 e. The van der Waals surface area contributed by atoms with Gasteiger partial charge in [0.15, 0.2) is 0 Å². The van der Waals surface area contributed by atoms with E-state index in [1.165, 1.54) is 19.8 Å². The van der Waals surface area contributed by atoms with Gasteiger partial charge in [0.1, 0.15) is 0 Å². The molecule has 0 amide bonds. The van der Waals surface area contributed by atoms with Gasteiger partial charge in [-0.2, -0.15) is 0 Å². The molecule has 1 nitrogen and oxygen atoms in total. The summed E-state index contributed by atoms with van der Waals surface area (Å²) in [7, 11) is 0. The number of aromatic nitrogens is 1. The Balaban J connectivity index is 2.50. The highest BCUT2D eigenvalue weighted by Crippen LogP contribution is 2.32. The summed E-state index contributed by atoms with van der Waals surface area (Å²) in [5, 5.41) is 0. The molecular weight excluding hydrogens is 258 g/mol. The van der Waals surface area contributed by atoms with Crippen LogP contribution in [0.5, 0.6) is 0 Å². The summed E-state index contributed by atoms with van der Waals surface area (Å²) in [5.41, 5.74) is 2.61. The molecule has 0 fully saturated rings. The molecule has 0 saturated carbocycles. The van der Waals surface area contributed by atoms with Gasteiger partial charge in [-0.15, -0.1) is 11.3 Å². The van der Waals surface area contributed by atoms with Crippen LogP contribution in [0.25, 0.3) is 10.4 Å². The van der Waals surface area contributed by atoms with E-state index >= 15 is 0 Å². The molecule has 2 aromatic heterocycles. The third kappa shape index (κ3) is 1.88. The molecule has 0 N–H and O–H groups in total. The first kappa shape index (κ1) is 9.87. The fourth-order valence-corrected chi connectivity index (χ4v) is 2.84. The predicted octanol–water partition coefficient (Wildman–Crippen LogP) is 4.14. The minimum absolute atomic E-state index is 1.05. The van der Waals surface area contributed by atoms with Crippen molar-refractivity contribution in [3.05, 3.63) is 39.9 Å². The molecule has 0 aliphatic carbocycles. The van der Waals surface area contributed by atoms with Crippen molar-refractivity contribution in [3.63, 3.8) is 0 Å². The molecule has 0 atom stereocenters. The van der Waals surface area contributed by atoms with Crippen molar-refractivity contribution in [2.24, 2.45) is 0 Å². The van der Waals surface area contributed by atoms with Crippen molar-refractivity contribution < 1.29 is 0 Å². The highest BCUT2D eigenvalue weighted by molar-refractivity contribution is 9.11. The normalized spacial score (nSPS) is 10.4. The molecule has 0 spiro atoms. The molecular formula is C11H10BrNS. The van der Waals surface area contributed by atoms with Crippen LogP contribution in [0.15, 0.2) is 34.4 Å². The van der Waals surface area contributed by atoms with E-state index in [2.05, 4.69) is 46.0 Å². The van der Waals surface area contributed by atoms with Crippen LogP contribution in [0.1, 0.15) is 12.5 Å². The van der Waals surface area contributed by atoms with Gasteiger partial charge in [-0.3, -0.25) is 4.98 Å². The Morgan fingerprint density at radius 3 is 2.86 bits per heavy atom. The van der Waals surface area contributed by atoms with Crippen LogP contribution in [-0.2, 0) is 6.42 Å². The molecule has 0 unspecified atom stereocenters. The van der Waals surface area contributed by atoms with Crippen LogP contribution in [0.3, 0.4) is 0 Å². The van der Waals surface area contributed by atoms with Crippen molar-refractivity contribution in [1.29, 1.82) is 0 Å². The monoisotopic (exact) mass is 267 g/mol. The van der Waals surface area contributed by atoms with E-state index in [1.54, 1.807) is 11.3 Å². The van der Waals surface area contributed by atoms with Crippen LogP contribution in [0.4, 0.5) is 0 Å². The number of halogens is 1. The average Bonchev–Trinajstić information content (AvgIpc) is 2.65. The first-order chi connectivity index (χ1) is 6.81. The third-order valence-corrected chi connectivity index (χ3v) is 3.79. The van der Waals surface area contributed by atoms with Gasteiger partial charge in [-0.1, -0.05) is 6.92 Å². The summed E-state index contributed by atoms with van der Waals surface area (Å²) in [5.74, 6) is 0. The zero-order chi connectivity index (χ0) is 9.97. The van der Waals surface area contributed by atoms with Crippen molar-refractivity contribution in [1.82, 2.24) is 4.98 Å². The SMILES string of the molecule is CCc1ccncc1-c1ccc(Br)s1. The lowest BCUT2D eigenvalue weighted by atomic mass is 10.1. The van der Waals surface area contributed by atoms with E-state index in [4.69, 9.17) is 0 Å². The summed E-state index contributed by atoms with van der Waals surface area (Å²) in [6.45, 7) is 2.17. The zero-order valence-electron chi connectivity index (χ0n) is 7.83. The van der Waals surface area contributed by atoms with Crippen molar-refractivity contribution in [3.8, 4) is 10.4 Å². The van der Waals surface area contributed by atoms with Crippen molar-refractivity contribution in [2.75, 3.05) is 0 Å². The lowest BCUT2D eigenvalue weighted by molar-refractivity contribution is 1.12. The molecule has 14 heavy (non-hydrogen) atoms. The second-order valence-electron chi connectivity index (χ2n) is 2.99. The molecule has 0 aliphatic heterocycles. The van der Waals surface area contributed by atoms with Gasteiger partial charge in [-0.25, -0.2) is 0 Å². The summed E-state index contributed by atoms with van der Waals surface area (Å²) >= 11 is 5.22. The fourth-order valence-electron chi connectivity index (χ4n) is 1.41. The van der Waals surface area contributed by atoms with Gasteiger partial charge >= 0.3 is 0 Å². The largest absolute Gasteiger partial charge is 0.264 e. The summed E-state index contributed by atoms with van der Waals surface area (Å²) in [4.78, 5) is 5.45. The highest BCUT2D eigenvalue weighted by Gasteiger charge is 2.05. The maximum absolute atomic E-state index is 4.17. The topological polar surface area (TPSA) is 12.9 Å². The number of rotatable bonds is 2. The first-order valence-electron chi connectivity index (χ1n) is 4.50. The Morgan fingerprint density at radius 2 is 2.21 bits per heavy atom. The van der Waals surface area contributed by atoms with Crippen LogP contribution in [0.2, 0.25) is 0 Å². The summed E-state index contributed by atoms with van der Waals surface area (Å²) < 4.78 is 1.17. The number of thiophene rings is 1. The Bertz CT molecular complexity index is 436. The van der Waals surface area contributed by atoms with Crippen LogP contribution in [0, 0.1) is 0 Å². The Hall–Kier alpha value is -0.670. The van der Waals surface area contributed by atoms with Gasteiger partial charge in [0.05, 0.1) is 3.79 Å². The van der Waals surface area contributed by atoms with E-state index in [0.717, 1.165) is 6.42 Å². The fraction of sp³-hybridized carbons (Fsp3) is 0.182. The van der Waals surface area contributed by atoms with Crippen LogP contribution in [-0.4, -0.2) is 4.98 Å². The van der Waals surface area contributed by atoms with E-state index < -0.39 is 0 Å². The number of aryl methyl sites for hydroxylation is 1. The zero-order valence-corrected chi connectivity index (χ0v) is 10.2. The maximum Gasteiger partial charge on any atom is 0.0705 e. The lowest BCUT2D eigenvalue weighted by Gasteiger charge is -2.03. The predicted molar refractivity (Wildman–Crippen MR) is 64.6 cm³/mol. The minimum Gasteiger partial charge on any atom is -0.264 e. The van der Waals surface area contributed by atoms with Gasteiger partial charge in [0.25, 0.3) is 0 Å². The molecule has 0 aliphatic rings. The number of hydrogen-bond donors (Lipinski definition) is 0. The van der Waals surface area contributed by atoms with E-state index in [-0.39, 0.29) is 0 Å². The van der Waals surface area contributed by atoms with Crippen molar-refractivity contribution >= 4 is 27.3 Å². The molecule has 0 aromatic carbocycles. The quantitative estimate of drug-likeness (QED) is 0.797. The molecule has 0 saturated heterocycles. The third-order valence-electron chi connectivity index (χ3n) is 2.13. The molecule has 3 heteroatoms. The van der Waals surface area contributed by atoms with E-state index in [0.29, 0.717) is 0 Å². The molecule has 2 aromatic rings. The standard InChI is InChI=1S/C11H10BrNS/c1-2-8-5-6-13-7-9(8)10-3-4-11(12)14-10/h3-7H,2H2,1H3. The molecule has 0 radical (unpaired) electrons. The second-order valence-corrected chi connectivity index (χ2v) is 5.45. The Morgan fingerprint density at radius 1 is 1.36 bits per heavy atom. The van der Waals surface area contributed by atoms with Gasteiger partial charge in [0, 0.05) is 22.8 Å². The minimum atomic E-state index is 1.05. The number of nitrogens with zero attached hydrogens (tertiary/aromatic N) is 1. The number of hydrogen-bond acceptors (Lipinski definition) is 2. The average molecular weight is 268 g/mol. The lowest BCUT2D eigenvalue weighted by Crippen LogP contribution is -1.86. The molecule has 2 heterocycles. The number of pyridine rings is 1.